The van der Waals surface area contributed by atoms with Gasteiger partial charge in [-0.1, -0.05) is 29.8 Å². The molecule has 1 fully saturated rings. The van der Waals surface area contributed by atoms with Crippen molar-refractivity contribution in [3.05, 3.63) is 69.1 Å². The summed E-state index contributed by atoms with van der Waals surface area (Å²) in [4.78, 5) is 37.7. The maximum absolute atomic E-state index is 12.8. The van der Waals surface area contributed by atoms with Gasteiger partial charge in [-0.15, -0.1) is 0 Å². The molecule has 0 aliphatic heterocycles. The van der Waals surface area contributed by atoms with E-state index < -0.39 is 11.5 Å². The first-order chi connectivity index (χ1) is 13.4. The van der Waals surface area contributed by atoms with E-state index in [9.17, 15) is 14.4 Å². The van der Waals surface area contributed by atoms with Crippen molar-refractivity contribution in [1.82, 2.24) is 9.88 Å². The monoisotopic (exact) mass is 382 g/mol. The van der Waals surface area contributed by atoms with Crippen LogP contribution in [0.1, 0.15) is 51.6 Å². The molecule has 6 nitrogen and oxygen atoms in total. The van der Waals surface area contributed by atoms with Gasteiger partial charge in [-0.25, -0.2) is 0 Å². The molecule has 1 N–H and O–H groups in total. The Bertz CT molecular complexity index is 948. The van der Waals surface area contributed by atoms with Crippen LogP contribution in [0.4, 0.5) is 0 Å². The highest BCUT2D eigenvalue weighted by atomic mass is 16.5. The number of pyridine rings is 1. The number of benzene rings is 1. The van der Waals surface area contributed by atoms with Crippen LogP contribution in [0.25, 0.3) is 0 Å². The highest BCUT2D eigenvalue weighted by Crippen LogP contribution is 2.37. The van der Waals surface area contributed by atoms with Crippen LogP contribution < -0.4 is 10.9 Å². The van der Waals surface area contributed by atoms with Gasteiger partial charge in [0, 0.05) is 31.8 Å². The third-order valence-corrected chi connectivity index (χ3v) is 5.00. The number of aryl methyl sites for hydroxylation is 1. The van der Waals surface area contributed by atoms with Gasteiger partial charge in [-0.3, -0.25) is 14.4 Å². The molecule has 1 aliphatic carbocycles. The molecular weight excluding hydrogens is 356 g/mol. The molecule has 148 valence electrons. The molecule has 0 radical (unpaired) electrons. The summed E-state index contributed by atoms with van der Waals surface area (Å²) in [6.07, 6.45) is 2.95. The molecule has 1 aliphatic rings. The zero-order chi connectivity index (χ0) is 20.3. The van der Waals surface area contributed by atoms with Crippen molar-refractivity contribution >= 4 is 11.7 Å². The third-order valence-electron chi connectivity index (χ3n) is 5.00. The second-order valence-electron chi connectivity index (χ2n) is 7.26. The lowest BCUT2D eigenvalue weighted by Crippen LogP contribution is -2.32. The number of ketones is 1. The molecule has 1 aromatic heterocycles. The van der Waals surface area contributed by atoms with Crippen LogP contribution in [0.15, 0.2) is 41.3 Å². The summed E-state index contributed by atoms with van der Waals surface area (Å²) in [6, 6.07) is 9.22. The number of Topliss-reactive ketones (excluding diaryl/α,β-unsaturated/α-hetero) is 1. The zero-order valence-corrected chi connectivity index (χ0v) is 16.5. The molecule has 0 bridgehead atoms. The first kappa shape index (κ1) is 20.0. The Balaban J connectivity index is 1.90. The predicted octanol–water partition coefficient (Wildman–Crippen LogP) is 2.56. The number of hydrogen-bond acceptors (Lipinski definition) is 4. The van der Waals surface area contributed by atoms with Crippen molar-refractivity contribution in [3.8, 4) is 0 Å². The second kappa shape index (κ2) is 8.52. The van der Waals surface area contributed by atoms with Crippen LogP contribution >= 0.6 is 0 Å². The van der Waals surface area contributed by atoms with Crippen molar-refractivity contribution in [3.63, 3.8) is 0 Å². The minimum absolute atomic E-state index is 0.0156. The topological polar surface area (TPSA) is 77.4 Å². The zero-order valence-electron chi connectivity index (χ0n) is 16.5. The Hall–Kier alpha value is -2.73. The summed E-state index contributed by atoms with van der Waals surface area (Å²) in [7, 11) is 1.47. The van der Waals surface area contributed by atoms with Gasteiger partial charge in [0.25, 0.3) is 11.5 Å². The molecule has 0 saturated heterocycles. The molecule has 6 heteroatoms. The lowest BCUT2D eigenvalue weighted by molar-refractivity contribution is 0.0931. The van der Waals surface area contributed by atoms with Crippen LogP contribution in [0.5, 0.6) is 0 Å². The molecular formula is C22H26N2O4. The normalized spacial score (nSPS) is 18.0. The Morgan fingerprint density at radius 1 is 1.29 bits per heavy atom. The van der Waals surface area contributed by atoms with E-state index in [0.29, 0.717) is 25.1 Å². The molecule has 0 unspecified atom stereocenters. The van der Waals surface area contributed by atoms with Gasteiger partial charge in [0.15, 0.2) is 5.78 Å². The molecule has 28 heavy (non-hydrogen) atoms. The number of ether oxygens (including phenoxy) is 1. The maximum Gasteiger partial charge on any atom is 0.263 e. The fourth-order valence-corrected chi connectivity index (χ4v) is 3.42. The SMILES string of the molecule is CCO[C@H]1C[C@@H]1CC(=O)c1cc(C(=O)NC)c(=O)n(Cc2cccc(C)c2)c1. The smallest absolute Gasteiger partial charge is 0.263 e. The Morgan fingerprint density at radius 3 is 2.75 bits per heavy atom. The highest BCUT2D eigenvalue weighted by molar-refractivity contribution is 6.00. The van der Waals surface area contributed by atoms with E-state index in [1.807, 2.05) is 38.1 Å². The summed E-state index contributed by atoms with van der Waals surface area (Å²) in [5, 5.41) is 2.48. The van der Waals surface area contributed by atoms with Gasteiger partial charge in [0.05, 0.1) is 12.6 Å². The van der Waals surface area contributed by atoms with E-state index in [1.165, 1.54) is 17.7 Å². The van der Waals surface area contributed by atoms with E-state index >= 15 is 0 Å². The quantitative estimate of drug-likeness (QED) is 0.712. The highest BCUT2D eigenvalue weighted by Gasteiger charge is 2.39. The second-order valence-corrected chi connectivity index (χ2v) is 7.26. The average Bonchev–Trinajstić information content (AvgIpc) is 3.40. The fraction of sp³-hybridized carbons (Fsp3) is 0.409. The van der Waals surface area contributed by atoms with Crippen molar-refractivity contribution in [2.45, 2.75) is 39.3 Å². The van der Waals surface area contributed by atoms with E-state index in [2.05, 4.69) is 5.32 Å². The first-order valence-electron chi connectivity index (χ1n) is 9.59. The van der Waals surface area contributed by atoms with Crippen molar-refractivity contribution in [1.29, 1.82) is 0 Å². The first-order valence-corrected chi connectivity index (χ1v) is 9.59. The molecule has 1 heterocycles. The molecule has 0 spiro atoms. The summed E-state index contributed by atoms with van der Waals surface area (Å²) in [6.45, 7) is 4.86. The van der Waals surface area contributed by atoms with Gasteiger partial charge in [-0.2, -0.15) is 0 Å². The van der Waals surface area contributed by atoms with Crippen LogP contribution in [0.3, 0.4) is 0 Å². The number of aromatic nitrogens is 1. The number of nitrogens with one attached hydrogen (secondary N) is 1. The number of carbonyl (C=O) groups excluding carboxylic acids is 2. The molecule has 1 amide bonds. The number of carbonyl (C=O) groups is 2. The number of amides is 1. The standard InChI is InChI=1S/C22H26N2O4/c1-4-28-20-11-16(20)10-19(25)17-9-18(21(26)23-3)22(27)24(13-17)12-15-7-5-6-14(2)8-15/h5-9,13,16,20H,4,10-12H2,1-3H3,(H,23,26)/t16-,20-/m0/s1. The minimum atomic E-state index is -0.490. The number of rotatable bonds is 8. The van der Waals surface area contributed by atoms with Gasteiger partial charge < -0.3 is 14.6 Å². The van der Waals surface area contributed by atoms with Crippen molar-refractivity contribution < 1.29 is 14.3 Å². The van der Waals surface area contributed by atoms with Crippen molar-refractivity contribution in [2.75, 3.05) is 13.7 Å². The number of hydrogen-bond donors (Lipinski definition) is 1. The van der Waals surface area contributed by atoms with Gasteiger partial charge in [0.2, 0.25) is 0 Å². The lowest BCUT2D eigenvalue weighted by Gasteiger charge is -2.12. The van der Waals surface area contributed by atoms with Crippen molar-refractivity contribution in [2.24, 2.45) is 5.92 Å². The summed E-state index contributed by atoms with van der Waals surface area (Å²) >= 11 is 0. The van der Waals surface area contributed by atoms with Gasteiger partial charge >= 0.3 is 0 Å². The minimum Gasteiger partial charge on any atom is -0.378 e. The van der Waals surface area contributed by atoms with Gasteiger partial charge in [0.1, 0.15) is 5.56 Å². The Labute approximate surface area is 164 Å². The largest absolute Gasteiger partial charge is 0.378 e. The Kier molecular flexibility index (Phi) is 6.09. The van der Waals surface area contributed by atoms with Crippen LogP contribution in [0.2, 0.25) is 0 Å². The van der Waals surface area contributed by atoms with Crippen LogP contribution in [-0.2, 0) is 11.3 Å². The number of nitrogens with zero attached hydrogens (tertiary/aromatic N) is 1. The van der Waals surface area contributed by atoms with Gasteiger partial charge in [-0.05, 0) is 37.8 Å². The maximum atomic E-state index is 12.8. The predicted molar refractivity (Wildman–Crippen MR) is 107 cm³/mol. The molecule has 2 aromatic rings. The molecule has 3 rings (SSSR count). The van der Waals surface area contributed by atoms with E-state index in [-0.39, 0.29) is 23.4 Å². The van der Waals surface area contributed by atoms with E-state index in [0.717, 1.165) is 17.5 Å². The molecule has 1 saturated carbocycles. The summed E-state index contributed by atoms with van der Waals surface area (Å²) in [5.74, 6) is -0.348. The summed E-state index contributed by atoms with van der Waals surface area (Å²) < 4.78 is 6.99. The Morgan fingerprint density at radius 2 is 2.07 bits per heavy atom. The fourth-order valence-electron chi connectivity index (χ4n) is 3.42. The third kappa shape index (κ3) is 4.57. The molecule has 1 aromatic carbocycles. The van der Waals surface area contributed by atoms with Crippen LogP contribution in [0, 0.1) is 12.8 Å². The molecule has 2 atom stereocenters. The van der Waals surface area contributed by atoms with E-state index in [1.54, 1.807) is 6.20 Å². The van der Waals surface area contributed by atoms with Crippen LogP contribution in [-0.4, -0.2) is 36.0 Å². The summed E-state index contributed by atoms with van der Waals surface area (Å²) in [5.41, 5.74) is 1.98. The van der Waals surface area contributed by atoms with E-state index in [4.69, 9.17) is 4.74 Å². The lowest BCUT2D eigenvalue weighted by atomic mass is 10.0. The average molecular weight is 382 g/mol.